The molecule has 0 amide bonds. The molecule has 0 spiro atoms. The van der Waals surface area contributed by atoms with Crippen molar-refractivity contribution in [2.45, 2.75) is 23.9 Å². The lowest BCUT2D eigenvalue weighted by atomic mass is 10.2. The summed E-state index contributed by atoms with van der Waals surface area (Å²) in [4.78, 5) is 0.255. The molecule has 1 aromatic carbocycles. The highest BCUT2D eigenvalue weighted by molar-refractivity contribution is 7.89. The van der Waals surface area contributed by atoms with Crippen molar-refractivity contribution < 1.29 is 13.5 Å². The van der Waals surface area contributed by atoms with Crippen LogP contribution in [-0.2, 0) is 10.0 Å². The second kappa shape index (κ2) is 4.25. The van der Waals surface area contributed by atoms with Gasteiger partial charge in [0.05, 0.1) is 23.6 Å². The molecule has 3 atom stereocenters. The Morgan fingerprint density at radius 1 is 1.41 bits per heavy atom. The van der Waals surface area contributed by atoms with E-state index in [-0.39, 0.29) is 23.6 Å². The summed E-state index contributed by atoms with van der Waals surface area (Å²) in [6, 6.07) is 6.03. The van der Waals surface area contributed by atoms with Crippen LogP contribution < -0.4 is 0 Å². The van der Waals surface area contributed by atoms with Crippen LogP contribution in [0.3, 0.4) is 0 Å². The number of benzene rings is 1. The average Bonchev–Trinajstić information content (AvgIpc) is 3.03. The Morgan fingerprint density at radius 2 is 2.00 bits per heavy atom. The van der Waals surface area contributed by atoms with Crippen LogP contribution >= 0.6 is 0 Å². The summed E-state index contributed by atoms with van der Waals surface area (Å²) in [5.41, 5.74) is 1.01. The van der Waals surface area contributed by atoms with Crippen molar-refractivity contribution in [1.29, 1.82) is 0 Å². The highest BCUT2D eigenvalue weighted by Crippen LogP contribution is 2.36. The van der Waals surface area contributed by atoms with E-state index in [1.165, 1.54) is 4.31 Å². The van der Waals surface area contributed by atoms with Crippen molar-refractivity contribution in [3.63, 3.8) is 0 Å². The maximum Gasteiger partial charge on any atom is 0.244 e. The number of aliphatic hydroxyl groups is 1. The second-order valence-electron chi connectivity index (χ2n) is 4.12. The predicted molar refractivity (Wildman–Crippen MR) is 65.1 cm³/mol. The van der Waals surface area contributed by atoms with E-state index in [1.807, 2.05) is 6.92 Å². The van der Waals surface area contributed by atoms with Gasteiger partial charge < -0.3 is 5.11 Å². The first-order chi connectivity index (χ1) is 8.02. The van der Waals surface area contributed by atoms with Gasteiger partial charge >= 0.3 is 0 Å². The van der Waals surface area contributed by atoms with Crippen molar-refractivity contribution in [3.05, 3.63) is 42.5 Å². The van der Waals surface area contributed by atoms with E-state index in [9.17, 15) is 8.42 Å². The summed E-state index contributed by atoms with van der Waals surface area (Å²) >= 11 is 0. The second-order valence-corrected chi connectivity index (χ2v) is 5.97. The van der Waals surface area contributed by atoms with Gasteiger partial charge in [-0.15, -0.1) is 6.58 Å². The number of aliphatic hydroxyl groups excluding tert-OH is 1. The largest absolute Gasteiger partial charge is 0.395 e. The Bertz CT molecular complexity index is 521. The number of nitrogens with zero attached hydrogens (tertiary/aromatic N) is 1. The Morgan fingerprint density at radius 3 is 2.41 bits per heavy atom. The van der Waals surface area contributed by atoms with Gasteiger partial charge in [-0.3, -0.25) is 0 Å². The molecule has 0 radical (unpaired) electrons. The third-order valence-corrected chi connectivity index (χ3v) is 4.89. The summed E-state index contributed by atoms with van der Waals surface area (Å²) in [7, 11) is -3.50. The zero-order valence-corrected chi connectivity index (χ0v) is 10.4. The number of aryl methyl sites for hydroxylation is 1. The lowest BCUT2D eigenvalue weighted by molar-refractivity contribution is 0.286. The van der Waals surface area contributed by atoms with Gasteiger partial charge in [0.2, 0.25) is 10.0 Å². The topological polar surface area (TPSA) is 57.4 Å². The minimum atomic E-state index is -3.50. The Labute approximate surface area is 101 Å². The van der Waals surface area contributed by atoms with Gasteiger partial charge in [-0.05, 0) is 19.1 Å². The summed E-state index contributed by atoms with van der Waals surface area (Å²) in [6.07, 6.45) is 1.55. The van der Waals surface area contributed by atoms with E-state index < -0.39 is 10.0 Å². The van der Waals surface area contributed by atoms with E-state index in [4.69, 9.17) is 5.11 Å². The standard InChI is InChI=1S/C12H15NO3S/c1-3-11-12(8-14)13(11)17(15,16)10-6-4-9(2)5-7-10/h3-7,11-12,14H,1,8H2,2H3/t11-,12-,13?/m1/s1. The van der Waals surface area contributed by atoms with Crippen molar-refractivity contribution >= 4 is 10.0 Å². The van der Waals surface area contributed by atoms with Crippen molar-refractivity contribution in [2.24, 2.45) is 0 Å². The van der Waals surface area contributed by atoms with E-state index in [2.05, 4.69) is 6.58 Å². The highest BCUT2D eigenvalue weighted by atomic mass is 32.2. The fourth-order valence-corrected chi connectivity index (χ4v) is 3.66. The Balaban J connectivity index is 2.32. The monoisotopic (exact) mass is 253 g/mol. The Kier molecular flexibility index (Phi) is 3.07. The maximum absolute atomic E-state index is 12.2. The molecule has 0 saturated carbocycles. The van der Waals surface area contributed by atoms with Crippen LogP contribution in [0, 0.1) is 6.92 Å². The lowest BCUT2D eigenvalue weighted by Crippen LogP contribution is -2.16. The van der Waals surface area contributed by atoms with Gasteiger partial charge in [-0.2, -0.15) is 4.31 Å². The molecule has 1 saturated heterocycles. The lowest BCUT2D eigenvalue weighted by Gasteiger charge is -2.06. The van der Waals surface area contributed by atoms with Crippen LogP contribution in [0.2, 0.25) is 0 Å². The number of hydrogen-bond donors (Lipinski definition) is 1. The summed E-state index contributed by atoms with van der Waals surface area (Å²) in [5.74, 6) is 0. The zero-order valence-electron chi connectivity index (χ0n) is 9.57. The predicted octanol–water partition coefficient (Wildman–Crippen LogP) is 0.915. The molecule has 5 heteroatoms. The molecule has 1 heterocycles. The molecule has 4 nitrogen and oxygen atoms in total. The third-order valence-electron chi connectivity index (χ3n) is 2.95. The third kappa shape index (κ3) is 2.01. The van der Waals surface area contributed by atoms with Crippen LogP contribution in [0.1, 0.15) is 5.56 Å². The molecule has 92 valence electrons. The van der Waals surface area contributed by atoms with Crippen molar-refractivity contribution in [1.82, 2.24) is 4.31 Å². The quantitative estimate of drug-likeness (QED) is 0.641. The fraction of sp³-hybridized carbons (Fsp3) is 0.333. The highest BCUT2D eigenvalue weighted by Gasteiger charge is 2.53. The molecule has 17 heavy (non-hydrogen) atoms. The molecule has 2 rings (SSSR count). The molecule has 1 N–H and O–H groups in total. The van der Waals surface area contributed by atoms with Gasteiger partial charge in [0.1, 0.15) is 0 Å². The van der Waals surface area contributed by atoms with Crippen LogP contribution in [0.5, 0.6) is 0 Å². The molecule has 1 unspecified atom stereocenters. The summed E-state index contributed by atoms with van der Waals surface area (Å²) in [5, 5.41) is 9.08. The Hall–Kier alpha value is -1.17. The van der Waals surface area contributed by atoms with Gasteiger partial charge in [0, 0.05) is 0 Å². The summed E-state index contributed by atoms with van der Waals surface area (Å²) in [6.45, 7) is 5.30. The molecular weight excluding hydrogens is 238 g/mol. The molecule has 1 fully saturated rings. The fourth-order valence-electron chi connectivity index (χ4n) is 1.90. The molecule has 1 aromatic rings. The van der Waals surface area contributed by atoms with Crippen LogP contribution in [0.25, 0.3) is 0 Å². The maximum atomic E-state index is 12.2. The minimum absolute atomic E-state index is 0.179. The van der Waals surface area contributed by atoms with Crippen molar-refractivity contribution in [2.75, 3.05) is 6.61 Å². The van der Waals surface area contributed by atoms with Gasteiger partial charge in [-0.1, -0.05) is 23.8 Å². The normalized spacial score (nSPS) is 27.8. The molecule has 0 aliphatic carbocycles. The van der Waals surface area contributed by atoms with E-state index in [0.717, 1.165) is 5.56 Å². The zero-order chi connectivity index (χ0) is 12.6. The van der Waals surface area contributed by atoms with Crippen LogP contribution in [0.15, 0.2) is 41.8 Å². The molecular formula is C12H15NO3S. The molecule has 0 bridgehead atoms. The SMILES string of the molecule is C=C[C@@H]1[C@@H](CO)N1S(=O)(=O)c1ccc(C)cc1. The van der Waals surface area contributed by atoms with Gasteiger partial charge in [-0.25, -0.2) is 8.42 Å². The van der Waals surface area contributed by atoms with Crippen LogP contribution in [-0.4, -0.2) is 36.5 Å². The molecule has 0 aromatic heterocycles. The average molecular weight is 253 g/mol. The van der Waals surface area contributed by atoms with E-state index in [1.54, 1.807) is 30.3 Å². The van der Waals surface area contributed by atoms with Gasteiger partial charge in [0.25, 0.3) is 0 Å². The van der Waals surface area contributed by atoms with E-state index >= 15 is 0 Å². The molecule has 1 aliphatic heterocycles. The number of sulfonamides is 1. The van der Waals surface area contributed by atoms with Gasteiger partial charge in [0.15, 0.2) is 0 Å². The van der Waals surface area contributed by atoms with Crippen LogP contribution in [0.4, 0.5) is 0 Å². The first-order valence-electron chi connectivity index (χ1n) is 5.36. The number of hydrogen-bond acceptors (Lipinski definition) is 3. The summed E-state index contributed by atoms with van der Waals surface area (Å²) < 4.78 is 25.7. The van der Waals surface area contributed by atoms with Crippen molar-refractivity contribution in [3.8, 4) is 0 Å². The molecule has 1 aliphatic rings. The number of rotatable bonds is 4. The first-order valence-corrected chi connectivity index (χ1v) is 6.80. The smallest absolute Gasteiger partial charge is 0.244 e. The van der Waals surface area contributed by atoms with E-state index in [0.29, 0.717) is 0 Å². The first kappa shape index (κ1) is 12.3. The minimum Gasteiger partial charge on any atom is -0.395 e.